The standard InChI is InChI=1S/C12H15N5O2/c1-16-6-2-3-9(16)11(18)13-7-10-14-15-12(19)17(10)8-4-5-8/h2-3,6,8H,4-5,7H2,1H3,(H,13,18)(H,15,19). The number of nitrogens with one attached hydrogen (secondary N) is 2. The fourth-order valence-corrected chi connectivity index (χ4v) is 2.12. The normalized spacial score (nSPS) is 14.6. The second kappa shape index (κ2) is 4.42. The number of carbonyl (C=O) groups is 1. The molecule has 0 spiro atoms. The number of hydrogen-bond acceptors (Lipinski definition) is 3. The molecule has 2 aromatic rings. The highest BCUT2D eigenvalue weighted by Crippen LogP contribution is 2.33. The number of aromatic nitrogens is 4. The Morgan fingerprint density at radius 2 is 2.37 bits per heavy atom. The number of nitrogens with zero attached hydrogens (tertiary/aromatic N) is 3. The third kappa shape index (κ3) is 2.18. The highest BCUT2D eigenvalue weighted by atomic mass is 16.2. The monoisotopic (exact) mass is 261 g/mol. The van der Waals surface area contributed by atoms with E-state index in [1.165, 1.54) is 0 Å². The first kappa shape index (κ1) is 11.8. The van der Waals surface area contributed by atoms with Crippen LogP contribution >= 0.6 is 0 Å². The Kier molecular flexibility index (Phi) is 2.73. The van der Waals surface area contributed by atoms with Gasteiger partial charge in [-0.15, -0.1) is 0 Å². The minimum Gasteiger partial charge on any atom is -0.347 e. The van der Waals surface area contributed by atoms with Crippen molar-refractivity contribution in [3.8, 4) is 0 Å². The van der Waals surface area contributed by atoms with Crippen LogP contribution in [0.25, 0.3) is 0 Å². The molecule has 0 bridgehead atoms. The molecule has 1 saturated carbocycles. The van der Waals surface area contributed by atoms with Gasteiger partial charge in [-0.2, -0.15) is 5.10 Å². The third-order valence-corrected chi connectivity index (χ3v) is 3.27. The van der Waals surface area contributed by atoms with Crippen LogP contribution in [0.3, 0.4) is 0 Å². The van der Waals surface area contributed by atoms with Gasteiger partial charge in [0.05, 0.1) is 6.54 Å². The van der Waals surface area contributed by atoms with E-state index in [9.17, 15) is 9.59 Å². The molecule has 19 heavy (non-hydrogen) atoms. The van der Waals surface area contributed by atoms with E-state index >= 15 is 0 Å². The van der Waals surface area contributed by atoms with Gasteiger partial charge in [0.25, 0.3) is 5.91 Å². The predicted molar refractivity (Wildman–Crippen MR) is 67.7 cm³/mol. The van der Waals surface area contributed by atoms with E-state index in [1.807, 2.05) is 19.3 Å². The Balaban J connectivity index is 1.71. The lowest BCUT2D eigenvalue weighted by Crippen LogP contribution is -2.27. The molecule has 0 atom stereocenters. The minimum absolute atomic E-state index is 0.176. The van der Waals surface area contributed by atoms with Crippen molar-refractivity contribution in [2.75, 3.05) is 0 Å². The molecule has 0 unspecified atom stereocenters. The summed E-state index contributed by atoms with van der Waals surface area (Å²) in [7, 11) is 1.81. The summed E-state index contributed by atoms with van der Waals surface area (Å²) in [6.07, 6.45) is 3.81. The van der Waals surface area contributed by atoms with Crippen LogP contribution in [-0.4, -0.2) is 25.2 Å². The number of hydrogen-bond donors (Lipinski definition) is 2. The molecule has 3 rings (SSSR count). The zero-order valence-corrected chi connectivity index (χ0v) is 10.6. The van der Waals surface area contributed by atoms with Crippen molar-refractivity contribution in [3.05, 3.63) is 40.3 Å². The van der Waals surface area contributed by atoms with E-state index < -0.39 is 0 Å². The average Bonchev–Trinajstić information content (AvgIpc) is 3.02. The number of aromatic amines is 1. The van der Waals surface area contributed by atoms with Gasteiger partial charge in [0.15, 0.2) is 5.82 Å². The molecule has 7 heteroatoms. The van der Waals surface area contributed by atoms with Gasteiger partial charge in [0, 0.05) is 19.3 Å². The van der Waals surface area contributed by atoms with E-state index in [0.717, 1.165) is 12.8 Å². The van der Waals surface area contributed by atoms with Gasteiger partial charge >= 0.3 is 5.69 Å². The highest BCUT2D eigenvalue weighted by Gasteiger charge is 2.28. The van der Waals surface area contributed by atoms with Crippen LogP contribution < -0.4 is 11.0 Å². The van der Waals surface area contributed by atoms with Crippen molar-refractivity contribution in [1.82, 2.24) is 24.6 Å². The Bertz CT molecular complexity index is 662. The Hall–Kier alpha value is -2.31. The molecule has 1 fully saturated rings. The predicted octanol–water partition coefficient (Wildman–Crippen LogP) is 0.175. The zero-order chi connectivity index (χ0) is 13.4. The van der Waals surface area contributed by atoms with Crippen LogP contribution in [0.2, 0.25) is 0 Å². The second-order valence-electron chi connectivity index (χ2n) is 4.73. The molecule has 0 aliphatic heterocycles. The molecule has 0 radical (unpaired) electrons. The van der Waals surface area contributed by atoms with E-state index in [-0.39, 0.29) is 24.2 Å². The van der Waals surface area contributed by atoms with Crippen LogP contribution in [0.4, 0.5) is 0 Å². The SMILES string of the molecule is Cn1cccc1C(=O)NCc1n[nH]c(=O)n1C1CC1. The molecule has 1 amide bonds. The van der Waals surface area contributed by atoms with E-state index in [0.29, 0.717) is 11.5 Å². The summed E-state index contributed by atoms with van der Waals surface area (Å²) < 4.78 is 3.37. The van der Waals surface area contributed by atoms with Gasteiger partial charge < -0.3 is 9.88 Å². The smallest absolute Gasteiger partial charge is 0.343 e. The molecule has 0 saturated heterocycles. The van der Waals surface area contributed by atoms with Gasteiger partial charge in [-0.05, 0) is 25.0 Å². The lowest BCUT2D eigenvalue weighted by molar-refractivity contribution is 0.0941. The number of rotatable bonds is 4. The van der Waals surface area contributed by atoms with Crippen LogP contribution in [0.5, 0.6) is 0 Å². The fourth-order valence-electron chi connectivity index (χ4n) is 2.12. The number of aryl methyl sites for hydroxylation is 1. The minimum atomic E-state index is -0.203. The summed E-state index contributed by atoms with van der Waals surface area (Å²) in [6, 6.07) is 3.80. The number of H-pyrrole nitrogens is 1. The Labute approximate surface area is 109 Å². The summed E-state index contributed by atoms with van der Waals surface area (Å²) >= 11 is 0. The maximum atomic E-state index is 11.9. The lowest BCUT2D eigenvalue weighted by atomic mass is 10.4. The van der Waals surface area contributed by atoms with E-state index in [1.54, 1.807) is 15.2 Å². The molecule has 2 heterocycles. The lowest BCUT2D eigenvalue weighted by Gasteiger charge is -2.06. The van der Waals surface area contributed by atoms with E-state index in [2.05, 4.69) is 15.5 Å². The Morgan fingerprint density at radius 3 is 3.00 bits per heavy atom. The van der Waals surface area contributed by atoms with Crippen molar-refractivity contribution in [2.45, 2.75) is 25.4 Å². The van der Waals surface area contributed by atoms with Crippen molar-refractivity contribution < 1.29 is 4.79 Å². The van der Waals surface area contributed by atoms with Crippen molar-refractivity contribution in [2.24, 2.45) is 7.05 Å². The molecular formula is C12H15N5O2. The zero-order valence-electron chi connectivity index (χ0n) is 10.6. The fraction of sp³-hybridized carbons (Fsp3) is 0.417. The highest BCUT2D eigenvalue weighted by molar-refractivity contribution is 5.92. The number of carbonyl (C=O) groups excluding carboxylic acids is 1. The van der Waals surface area contributed by atoms with Gasteiger partial charge in [0.1, 0.15) is 5.69 Å². The van der Waals surface area contributed by atoms with Gasteiger partial charge in [-0.1, -0.05) is 0 Å². The molecular weight excluding hydrogens is 246 g/mol. The van der Waals surface area contributed by atoms with Crippen LogP contribution in [-0.2, 0) is 13.6 Å². The summed E-state index contributed by atoms with van der Waals surface area (Å²) in [6.45, 7) is 0.249. The van der Waals surface area contributed by atoms with Crippen molar-refractivity contribution in [1.29, 1.82) is 0 Å². The maximum absolute atomic E-state index is 11.9. The summed E-state index contributed by atoms with van der Waals surface area (Å²) in [5, 5.41) is 9.16. The first-order valence-corrected chi connectivity index (χ1v) is 6.22. The molecule has 100 valence electrons. The molecule has 0 aromatic carbocycles. The molecule has 1 aliphatic rings. The molecule has 2 aromatic heterocycles. The van der Waals surface area contributed by atoms with Crippen molar-refractivity contribution >= 4 is 5.91 Å². The van der Waals surface area contributed by atoms with Crippen LogP contribution in [0.1, 0.15) is 35.2 Å². The maximum Gasteiger partial charge on any atom is 0.343 e. The molecule has 7 nitrogen and oxygen atoms in total. The first-order valence-electron chi connectivity index (χ1n) is 6.22. The second-order valence-corrected chi connectivity index (χ2v) is 4.73. The quantitative estimate of drug-likeness (QED) is 0.823. The van der Waals surface area contributed by atoms with Gasteiger partial charge in [-0.25, -0.2) is 9.89 Å². The summed E-state index contributed by atoms with van der Waals surface area (Å²) in [4.78, 5) is 23.5. The topological polar surface area (TPSA) is 84.7 Å². The van der Waals surface area contributed by atoms with Crippen LogP contribution in [0.15, 0.2) is 23.1 Å². The van der Waals surface area contributed by atoms with Crippen molar-refractivity contribution in [3.63, 3.8) is 0 Å². The van der Waals surface area contributed by atoms with Crippen LogP contribution in [0, 0.1) is 0 Å². The number of amides is 1. The van der Waals surface area contributed by atoms with E-state index in [4.69, 9.17) is 0 Å². The van der Waals surface area contributed by atoms with Gasteiger partial charge in [-0.3, -0.25) is 9.36 Å². The third-order valence-electron chi connectivity index (χ3n) is 3.27. The van der Waals surface area contributed by atoms with Gasteiger partial charge in [0.2, 0.25) is 0 Å². The summed E-state index contributed by atoms with van der Waals surface area (Å²) in [5.41, 5.74) is 0.376. The largest absolute Gasteiger partial charge is 0.347 e. The average molecular weight is 261 g/mol. The first-order chi connectivity index (χ1) is 9.16. The Morgan fingerprint density at radius 1 is 1.58 bits per heavy atom. The molecule has 1 aliphatic carbocycles. The molecule has 2 N–H and O–H groups in total. The summed E-state index contributed by atoms with van der Waals surface area (Å²) in [5.74, 6) is 0.403.